The number of hydrogen-bond donors (Lipinski definition) is 4. The van der Waals surface area contributed by atoms with Crippen LogP contribution in [0.1, 0.15) is 6.92 Å². The maximum atomic E-state index is 10.8. The molecule has 0 bridgehead atoms. The predicted octanol–water partition coefficient (Wildman–Crippen LogP) is 0.220. The van der Waals surface area contributed by atoms with Crippen LogP contribution < -0.4 is 0 Å². The highest BCUT2D eigenvalue weighted by Gasteiger charge is 2.41. The Morgan fingerprint density at radius 2 is 1.86 bits per heavy atom. The summed E-state index contributed by atoms with van der Waals surface area (Å²) < 4.78 is 25.4. The lowest BCUT2D eigenvalue weighted by Crippen LogP contribution is -1.96. The smallest absolute Gasteiger partial charge is 0.392 e. The van der Waals surface area contributed by atoms with Crippen molar-refractivity contribution in [2.75, 3.05) is 13.2 Å². The minimum Gasteiger partial charge on any atom is -0.392 e. The van der Waals surface area contributed by atoms with Gasteiger partial charge in [0.15, 0.2) is 0 Å². The molecule has 0 heterocycles. The van der Waals surface area contributed by atoms with E-state index in [1.54, 1.807) is 0 Å². The number of aliphatic hydroxyl groups excluding tert-OH is 1. The second-order valence-corrected chi connectivity index (χ2v) is 7.86. The van der Waals surface area contributed by atoms with E-state index in [4.69, 9.17) is 19.8 Å². The molecule has 7 nitrogen and oxygen atoms in total. The molecule has 0 aliphatic rings. The lowest BCUT2D eigenvalue weighted by Gasteiger charge is -2.12. The SMILES string of the molecule is CC(=CCO)COP(=O)(O)P(=O)(O)O. The molecule has 0 saturated carbocycles. The van der Waals surface area contributed by atoms with E-state index in [1.807, 2.05) is 0 Å². The van der Waals surface area contributed by atoms with Gasteiger partial charge in [-0.2, -0.15) is 0 Å². The van der Waals surface area contributed by atoms with Gasteiger partial charge in [-0.25, -0.2) is 9.13 Å². The largest absolute Gasteiger partial charge is 0.438 e. The third kappa shape index (κ3) is 4.48. The molecule has 0 aromatic carbocycles. The summed E-state index contributed by atoms with van der Waals surface area (Å²) in [5.41, 5.74) is 0.398. The summed E-state index contributed by atoms with van der Waals surface area (Å²) in [6.07, 6.45) is 1.29. The van der Waals surface area contributed by atoms with Crippen LogP contribution in [-0.2, 0) is 13.7 Å². The van der Waals surface area contributed by atoms with E-state index in [9.17, 15) is 9.13 Å². The molecule has 0 rings (SSSR count). The maximum Gasteiger partial charge on any atom is 0.438 e. The molecule has 14 heavy (non-hydrogen) atoms. The van der Waals surface area contributed by atoms with Gasteiger partial charge in [0.25, 0.3) is 0 Å². The number of hydrogen-bond acceptors (Lipinski definition) is 4. The third-order valence-electron chi connectivity index (χ3n) is 1.23. The number of rotatable bonds is 5. The van der Waals surface area contributed by atoms with Crippen LogP contribution in [0, 0.1) is 0 Å². The molecule has 0 aliphatic carbocycles. The van der Waals surface area contributed by atoms with Gasteiger partial charge in [-0.05, 0) is 12.5 Å². The lowest BCUT2D eigenvalue weighted by atomic mass is 10.3. The lowest BCUT2D eigenvalue weighted by molar-refractivity contribution is 0.276. The van der Waals surface area contributed by atoms with E-state index < -0.39 is 21.2 Å². The molecule has 0 amide bonds. The van der Waals surface area contributed by atoms with E-state index in [1.165, 1.54) is 13.0 Å². The first kappa shape index (κ1) is 14.0. The van der Waals surface area contributed by atoms with Crippen molar-refractivity contribution in [3.05, 3.63) is 11.6 Å². The molecule has 9 heteroatoms. The molecular weight excluding hydrogens is 234 g/mol. The second-order valence-electron chi connectivity index (χ2n) is 2.51. The van der Waals surface area contributed by atoms with Gasteiger partial charge in [0.1, 0.15) is 0 Å². The van der Waals surface area contributed by atoms with Crippen molar-refractivity contribution in [1.29, 1.82) is 0 Å². The van der Waals surface area contributed by atoms with Crippen LogP contribution >= 0.6 is 14.6 Å². The van der Waals surface area contributed by atoms with E-state index in [-0.39, 0.29) is 6.61 Å². The van der Waals surface area contributed by atoms with Crippen molar-refractivity contribution in [3.8, 4) is 0 Å². The summed E-state index contributed by atoms with van der Waals surface area (Å²) >= 11 is 0. The molecule has 0 radical (unpaired) electrons. The first-order valence-electron chi connectivity index (χ1n) is 3.50. The average molecular weight is 246 g/mol. The van der Waals surface area contributed by atoms with Crippen molar-refractivity contribution >= 4 is 14.6 Å². The van der Waals surface area contributed by atoms with Crippen LogP contribution in [0.2, 0.25) is 0 Å². The van der Waals surface area contributed by atoms with E-state index in [0.29, 0.717) is 5.57 Å². The minimum absolute atomic E-state index is 0.277. The minimum atomic E-state index is -5.14. The molecule has 0 aromatic rings. The Morgan fingerprint density at radius 3 is 2.21 bits per heavy atom. The van der Waals surface area contributed by atoms with Crippen LogP contribution in [0.15, 0.2) is 11.6 Å². The van der Waals surface area contributed by atoms with Crippen molar-refractivity contribution in [1.82, 2.24) is 0 Å². The maximum absolute atomic E-state index is 10.8. The Hall–Kier alpha value is 0.0000000000000000139. The van der Waals surface area contributed by atoms with Crippen LogP contribution in [0.25, 0.3) is 0 Å². The van der Waals surface area contributed by atoms with Crippen LogP contribution in [0.4, 0.5) is 0 Å². The Bertz CT molecular complexity index is 303. The van der Waals surface area contributed by atoms with Crippen molar-refractivity contribution in [2.45, 2.75) is 6.92 Å². The first-order valence-corrected chi connectivity index (χ1v) is 7.40. The Balaban J connectivity index is 4.35. The molecule has 1 atom stereocenters. The fourth-order valence-electron chi connectivity index (χ4n) is 0.476. The molecule has 0 aromatic heterocycles. The Labute approximate surface area is 80.6 Å². The zero-order valence-electron chi connectivity index (χ0n) is 7.40. The van der Waals surface area contributed by atoms with Crippen LogP contribution in [0.3, 0.4) is 0 Å². The predicted molar refractivity (Wildman–Crippen MR) is 48.7 cm³/mol. The Kier molecular flexibility index (Phi) is 5.19. The highest BCUT2D eigenvalue weighted by atomic mass is 32.1. The standard InChI is InChI=1S/C5H12O7P2/c1-5(2-3-6)4-12-14(10,11)13(7,8)9/h2,6H,3-4H2,1H3,(H,10,11)(H2,7,8,9). The van der Waals surface area contributed by atoms with Gasteiger partial charge in [0, 0.05) is 0 Å². The topological polar surface area (TPSA) is 124 Å². The van der Waals surface area contributed by atoms with Gasteiger partial charge in [-0.15, -0.1) is 0 Å². The van der Waals surface area contributed by atoms with Crippen LogP contribution in [-0.4, -0.2) is 33.0 Å². The normalized spacial score (nSPS) is 17.9. The summed E-state index contributed by atoms with van der Waals surface area (Å²) in [5.74, 6) is 0. The van der Waals surface area contributed by atoms with Crippen molar-refractivity contribution in [3.63, 3.8) is 0 Å². The number of aliphatic hydroxyl groups is 1. The highest BCUT2D eigenvalue weighted by molar-refractivity contribution is 8.26. The summed E-state index contributed by atoms with van der Waals surface area (Å²) in [6.45, 7) is 0.788. The first-order chi connectivity index (χ1) is 6.20. The average Bonchev–Trinajstić information content (AvgIpc) is 1.99. The van der Waals surface area contributed by atoms with E-state index >= 15 is 0 Å². The zero-order chi connectivity index (χ0) is 11.4. The summed E-state index contributed by atoms with van der Waals surface area (Å²) in [4.78, 5) is 25.5. The van der Waals surface area contributed by atoms with Crippen LogP contribution in [0.5, 0.6) is 0 Å². The van der Waals surface area contributed by atoms with Crippen molar-refractivity contribution in [2.24, 2.45) is 0 Å². The zero-order valence-corrected chi connectivity index (χ0v) is 9.19. The monoisotopic (exact) mass is 246 g/mol. The third-order valence-corrected chi connectivity index (χ3v) is 4.68. The summed E-state index contributed by atoms with van der Waals surface area (Å²) in [6, 6.07) is 0. The molecule has 4 N–H and O–H groups in total. The molecule has 84 valence electrons. The molecule has 0 spiro atoms. The van der Waals surface area contributed by atoms with Gasteiger partial charge < -0.3 is 19.8 Å². The van der Waals surface area contributed by atoms with Gasteiger partial charge in [-0.3, -0.25) is 4.52 Å². The van der Waals surface area contributed by atoms with Gasteiger partial charge in [0.2, 0.25) is 0 Å². The van der Waals surface area contributed by atoms with E-state index in [0.717, 1.165) is 0 Å². The fraction of sp³-hybridized carbons (Fsp3) is 0.600. The molecule has 0 aliphatic heterocycles. The summed E-state index contributed by atoms with van der Waals surface area (Å²) in [5, 5.41) is 8.41. The van der Waals surface area contributed by atoms with E-state index in [2.05, 4.69) is 4.52 Å². The Morgan fingerprint density at radius 1 is 1.36 bits per heavy atom. The van der Waals surface area contributed by atoms with Crippen molar-refractivity contribution < 1.29 is 33.4 Å². The van der Waals surface area contributed by atoms with Gasteiger partial charge in [-0.1, -0.05) is 6.08 Å². The van der Waals surface area contributed by atoms with Gasteiger partial charge >= 0.3 is 14.6 Å². The molecule has 1 unspecified atom stereocenters. The molecule has 0 saturated heterocycles. The van der Waals surface area contributed by atoms with Gasteiger partial charge in [0.05, 0.1) is 13.2 Å². The summed E-state index contributed by atoms with van der Waals surface area (Å²) in [7, 11) is -10.1. The second kappa shape index (κ2) is 5.19. The highest BCUT2D eigenvalue weighted by Crippen LogP contribution is 2.74. The molecule has 0 fully saturated rings. The molecular formula is C5H12O7P2. The quantitative estimate of drug-likeness (QED) is 0.404. The fourth-order valence-corrected chi connectivity index (χ4v) is 1.62.